The first-order valence-electron chi connectivity index (χ1n) is 7.10. The number of pyridine rings is 2. The molecular weight excluding hydrogens is 296 g/mol. The van der Waals surface area contributed by atoms with Gasteiger partial charge in [0.2, 0.25) is 0 Å². The van der Waals surface area contributed by atoms with Gasteiger partial charge in [0.1, 0.15) is 0 Å². The van der Waals surface area contributed by atoms with Crippen LogP contribution in [0.25, 0.3) is 0 Å². The lowest BCUT2D eigenvalue weighted by atomic mass is 10.4. The fraction of sp³-hybridized carbons (Fsp3) is 0.267. The summed E-state index contributed by atoms with van der Waals surface area (Å²) in [6.07, 6.45) is 3.52. The Kier molecular flexibility index (Phi) is 6.28. The number of aliphatic hydroxyl groups is 2. The number of hydrogen-bond donors (Lipinski definition) is 2. The SMILES string of the molecule is CC(N=Nc1cccc[n+]1CO)=NN=c1ccccn1CCO. The first kappa shape index (κ1) is 16.7. The van der Waals surface area contributed by atoms with Crippen LogP contribution in [0.4, 0.5) is 5.82 Å². The molecule has 0 fully saturated rings. The molecule has 2 N–H and O–H groups in total. The third-order valence-corrected chi connectivity index (χ3v) is 2.92. The van der Waals surface area contributed by atoms with Crippen molar-refractivity contribution in [2.75, 3.05) is 6.61 Å². The van der Waals surface area contributed by atoms with Crippen LogP contribution < -0.4 is 10.1 Å². The first-order chi connectivity index (χ1) is 11.2. The fourth-order valence-electron chi connectivity index (χ4n) is 1.80. The molecule has 8 nitrogen and oxygen atoms in total. The van der Waals surface area contributed by atoms with Gasteiger partial charge < -0.3 is 14.8 Å². The van der Waals surface area contributed by atoms with E-state index in [9.17, 15) is 5.11 Å². The largest absolute Gasteiger partial charge is 0.395 e. The Morgan fingerprint density at radius 1 is 1.17 bits per heavy atom. The van der Waals surface area contributed by atoms with E-state index in [1.807, 2.05) is 18.3 Å². The van der Waals surface area contributed by atoms with Crippen molar-refractivity contribution in [2.24, 2.45) is 20.4 Å². The number of aromatic nitrogens is 2. The molecule has 2 aromatic rings. The van der Waals surface area contributed by atoms with Crippen LogP contribution in [0, 0.1) is 0 Å². The van der Waals surface area contributed by atoms with Gasteiger partial charge in [-0.25, -0.2) is 4.57 Å². The molecule has 0 aliphatic heterocycles. The highest BCUT2D eigenvalue weighted by Crippen LogP contribution is 2.04. The van der Waals surface area contributed by atoms with Crippen molar-refractivity contribution >= 4 is 11.7 Å². The summed E-state index contributed by atoms with van der Waals surface area (Å²) >= 11 is 0. The van der Waals surface area contributed by atoms with E-state index in [4.69, 9.17) is 5.11 Å². The second-order valence-electron chi connectivity index (χ2n) is 4.59. The number of azo groups is 1. The van der Waals surface area contributed by atoms with Crippen LogP contribution in [0.15, 0.2) is 69.2 Å². The van der Waals surface area contributed by atoms with Gasteiger partial charge in [-0.05, 0) is 23.3 Å². The summed E-state index contributed by atoms with van der Waals surface area (Å²) in [6, 6.07) is 10.8. The molecule has 120 valence electrons. The van der Waals surface area contributed by atoms with Gasteiger partial charge in [0, 0.05) is 25.7 Å². The van der Waals surface area contributed by atoms with Gasteiger partial charge in [0.25, 0.3) is 0 Å². The quantitative estimate of drug-likeness (QED) is 0.280. The molecule has 0 aliphatic rings. The lowest BCUT2D eigenvalue weighted by molar-refractivity contribution is -0.718. The normalized spacial score (nSPS) is 13.0. The summed E-state index contributed by atoms with van der Waals surface area (Å²) in [5, 5.41) is 34.4. The fourth-order valence-corrected chi connectivity index (χ4v) is 1.80. The molecular formula is C15H19N6O2+. The Hall–Kier alpha value is -2.71. The van der Waals surface area contributed by atoms with E-state index in [1.54, 1.807) is 46.5 Å². The Morgan fingerprint density at radius 3 is 2.78 bits per heavy atom. The molecule has 2 aromatic heterocycles. The van der Waals surface area contributed by atoms with Crippen LogP contribution in [0.2, 0.25) is 0 Å². The lowest BCUT2D eigenvalue weighted by Gasteiger charge is -2.02. The Morgan fingerprint density at radius 2 is 2.00 bits per heavy atom. The summed E-state index contributed by atoms with van der Waals surface area (Å²) < 4.78 is 3.32. The van der Waals surface area contributed by atoms with Crippen molar-refractivity contribution in [3.63, 3.8) is 0 Å². The van der Waals surface area contributed by atoms with Crippen LogP contribution in [0.1, 0.15) is 6.92 Å². The van der Waals surface area contributed by atoms with Gasteiger partial charge in [0.15, 0.2) is 18.1 Å². The van der Waals surface area contributed by atoms with E-state index in [0.717, 1.165) is 0 Å². The van der Waals surface area contributed by atoms with E-state index < -0.39 is 0 Å². The van der Waals surface area contributed by atoms with E-state index in [-0.39, 0.29) is 13.3 Å². The number of aliphatic hydroxyl groups excluding tert-OH is 2. The van der Waals surface area contributed by atoms with Crippen LogP contribution >= 0.6 is 0 Å². The zero-order valence-corrected chi connectivity index (χ0v) is 12.8. The maximum Gasteiger partial charge on any atom is 0.352 e. The molecule has 23 heavy (non-hydrogen) atoms. The number of nitrogens with zero attached hydrogens (tertiary/aromatic N) is 6. The van der Waals surface area contributed by atoms with E-state index in [1.165, 1.54) is 0 Å². The topological polar surface area (TPSA) is 98.7 Å². The highest BCUT2D eigenvalue weighted by molar-refractivity contribution is 5.79. The molecule has 8 heteroatoms. The van der Waals surface area contributed by atoms with Gasteiger partial charge in [-0.2, -0.15) is 0 Å². The molecule has 0 atom stereocenters. The van der Waals surface area contributed by atoms with Crippen molar-refractivity contribution in [3.8, 4) is 0 Å². The van der Waals surface area contributed by atoms with Gasteiger partial charge in [0.05, 0.1) is 17.9 Å². The Labute approximate surface area is 133 Å². The zero-order valence-electron chi connectivity index (χ0n) is 12.8. The highest BCUT2D eigenvalue weighted by atomic mass is 16.3. The molecule has 0 bridgehead atoms. The van der Waals surface area contributed by atoms with Gasteiger partial charge in [-0.3, -0.25) is 0 Å². The summed E-state index contributed by atoms with van der Waals surface area (Å²) in [6.45, 7) is 1.96. The second kappa shape index (κ2) is 8.66. The molecule has 0 aromatic carbocycles. The van der Waals surface area contributed by atoms with Crippen LogP contribution in [-0.4, -0.2) is 27.2 Å². The maximum absolute atomic E-state index is 9.21. The summed E-state index contributed by atoms with van der Waals surface area (Å²) in [5.74, 6) is 0.886. The minimum absolute atomic E-state index is 0.0226. The molecule has 0 unspecified atom stereocenters. The molecule has 0 saturated heterocycles. The van der Waals surface area contributed by atoms with E-state index in [2.05, 4.69) is 20.4 Å². The standard InChI is InChI=1S/C15H19N6O2/c1-13(17-19-15-7-3-5-9-21(15)12-23)16-18-14-6-2-4-8-20(14)10-11-22/h2-9,22-23H,10-12H2,1H3/q+1. The second-order valence-corrected chi connectivity index (χ2v) is 4.59. The third-order valence-electron chi connectivity index (χ3n) is 2.92. The minimum Gasteiger partial charge on any atom is -0.395 e. The van der Waals surface area contributed by atoms with E-state index >= 15 is 0 Å². The van der Waals surface area contributed by atoms with Crippen molar-refractivity contribution in [3.05, 3.63) is 54.3 Å². The summed E-state index contributed by atoms with van der Waals surface area (Å²) in [7, 11) is 0. The molecule has 2 heterocycles. The maximum atomic E-state index is 9.21. The third kappa shape index (κ3) is 4.90. The predicted molar refractivity (Wildman–Crippen MR) is 83.6 cm³/mol. The lowest BCUT2D eigenvalue weighted by Crippen LogP contribution is -2.32. The molecule has 0 radical (unpaired) electrons. The smallest absolute Gasteiger partial charge is 0.352 e. The van der Waals surface area contributed by atoms with Crippen molar-refractivity contribution in [1.29, 1.82) is 0 Å². The molecule has 0 amide bonds. The average molecular weight is 315 g/mol. The van der Waals surface area contributed by atoms with Gasteiger partial charge in [-0.15, -0.1) is 10.2 Å². The van der Waals surface area contributed by atoms with Gasteiger partial charge in [-0.1, -0.05) is 12.1 Å². The zero-order chi connectivity index (χ0) is 16.5. The highest BCUT2D eigenvalue weighted by Gasteiger charge is 2.06. The Bertz CT molecular complexity index is 766. The van der Waals surface area contributed by atoms with Crippen molar-refractivity contribution in [2.45, 2.75) is 20.2 Å². The van der Waals surface area contributed by atoms with Crippen molar-refractivity contribution in [1.82, 2.24) is 4.57 Å². The van der Waals surface area contributed by atoms with Crippen LogP contribution in [-0.2, 0) is 13.3 Å². The molecule has 0 saturated carbocycles. The van der Waals surface area contributed by atoms with E-state index in [0.29, 0.717) is 23.7 Å². The molecule has 2 rings (SSSR count). The first-order valence-corrected chi connectivity index (χ1v) is 7.10. The minimum atomic E-state index is -0.180. The average Bonchev–Trinajstić information content (AvgIpc) is 2.59. The molecule has 0 aliphatic carbocycles. The number of rotatable bonds is 5. The molecule has 0 spiro atoms. The number of hydrogen-bond acceptors (Lipinski definition) is 5. The van der Waals surface area contributed by atoms with Crippen LogP contribution in [0.3, 0.4) is 0 Å². The monoisotopic (exact) mass is 315 g/mol. The summed E-state index contributed by atoms with van der Waals surface area (Å²) in [5.41, 5.74) is 0.612. The van der Waals surface area contributed by atoms with Crippen molar-refractivity contribution < 1.29 is 14.8 Å². The van der Waals surface area contributed by atoms with Gasteiger partial charge >= 0.3 is 5.82 Å². The number of amidine groups is 1. The Balaban J connectivity index is 2.20. The predicted octanol–water partition coefficient (Wildman–Crippen LogP) is 0.736. The summed E-state index contributed by atoms with van der Waals surface area (Å²) in [4.78, 5) is 0. The van der Waals surface area contributed by atoms with Crippen LogP contribution in [0.5, 0.6) is 0 Å².